The van der Waals surface area contributed by atoms with Gasteiger partial charge in [0.25, 0.3) is 0 Å². The van der Waals surface area contributed by atoms with Crippen LogP contribution in [0.3, 0.4) is 0 Å². The molecule has 2 rings (SSSR count). The zero-order valence-corrected chi connectivity index (χ0v) is 12.4. The molecule has 0 amide bonds. The van der Waals surface area contributed by atoms with Crippen LogP contribution in [0.4, 0.5) is 0 Å². The summed E-state index contributed by atoms with van der Waals surface area (Å²) in [6.45, 7) is 11.4. The molecule has 1 N–H and O–H groups in total. The van der Waals surface area contributed by atoms with E-state index in [9.17, 15) is 0 Å². The van der Waals surface area contributed by atoms with Crippen molar-refractivity contribution in [3.05, 3.63) is 41.2 Å². The van der Waals surface area contributed by atoms with Gasteiger partial charge in [-0.25, -0.2) is 4.68 Å². The van der Waals surface area contributed by atoms with Gasteiger partial charge in [-0.1, -0.05) is 17.3 Å². The first-order chi connectivity index (χ1) is 8.87. The fourth-order valence-corrected chi connectivity index (χ4v) is 1.88. The Balaban J connectivity index is 2.31. The average Bonchev–Trinajstić information content (AvgIpc) is 2.77. The van der Waals surface area contributed by atoms with E-state index in [1.165, 1.54) is 11.1 Å². The molecule has 0 spiro atoms. The molecule has 0 aliphatic heterocycles. The first-order valence-electron chi connectivity index (χ1n) is 6.59. The van der Waals surface area contributed by atoms with Crippen molar-refractivity contribution < 1.29 is 0 Å². The maximum Gasteiger partial charge on any atom is 0.0783 e. The minimum absolute atomic E-state index is 0.0801. The van der Waals surface area contributed by atoms with E-state index in [-0.39, 0.29) is 5.54 Å². The Kier molecular flexibility index (Phi) is 3.71. The smallest absolute Gasteiger partial charge is 0.0783 e. The van der Waals surface area contributed by atoms with Gasteiger partial charge in [-0.15, -0.1) is 5.10 Å². The first kappa shape index (κ1) is 13.7. The Labute approximate surface area is 114 Å². The third kappa shape index (κ3) is 3.41. The molecular formula is C15H22N4. The minimum atomic E-state index is 0.0801. The summed E-state index contributed by atoms with van der Waals surface area (Å²) >= 11 is 0. The summed E-state index contributed by atoms with van der Waals surface area (Å²) in [5.74, 6) is 0. The summed E-state index contributed by atoms with van der Waals surface area (Å²) in [5.41, 5.74) is 4.68. The van der Waals surface area contributed by atoms with E-state index in [0.717, 1.165) is 17.9 Å². The van der Waals surface area contributed by atoms with Gasteiger partial charge in [0.05, 0.1) is 17.6 Å². The van der Waals surface area contributed by atoms with Crippen molar-refractivity contribution in [3.8, 4) is 5.69 Å². The molecule has 0 radical (unpaired) electrons. The lowest BCUT2D eigenvalue weighted by molar-refractivity contribution is 0.418. The van der Waals surface area contributed by atoms with E-state index in [2.05, 4.69) is 68.4 Å². The molecule has 2 aromatic rings. The monoisotopic (exact) mass is 258 g/mol. The van der Waals surface area contributed by atoms with Crippen molar-refractivity contribution in [2.75, 3.05) is 0 Å². The minimum Gasteiger partial charge on any atom is -0.306 e. The Bertz CT molecular complexity index is 564. The van der Waals surface area contributed by atoms with Crippen molar-refractivity contribution in [3.63, 3.8) is 0 Å². The van der Waals surface area contributed by atoms with Crippen LogP contribution in [0.15, 0.2) is 24.4 Å². The maximum atomic E-state index is 4.22. The van der Waals surface area contributed by atoms with Crippen LogP contribution in [0.5, 0.6) is 0 Å². The predicted molar refractivity (Wildman–Crippen MR) is 77.4 cm³/mol. The summed E-state index contributed by atoms with van der Waals surface area (Å²) in [6, 6.07) is 6.38. The third-order valence-corrected chi connectivity index (χ3v) is 3.01. The number of aryl methyl sites for hydroxylation is 2. The molecule has 19 heavy (non-hydrogen) atoms. The highest BCUT2D eigenvalue weighted by Gasteiger charge is 2.13. The second kappa shape index (κ2) is 5.13. The molecule has 0 saturated carbocycles. The van der Waals surface area contributed by atoms with Crippen LogP contribution >= 0.6 is 0 Å². The van der Waals surface area contributed by atoms with E-state index in [1.807, 2.05) is 10.9 Å². The van der Waals surface area contributed by atoms with Crippen molar-refractivity contribution in [1.29, 1.82) is 0 Å². The fraction of sp³-hybridized carbons (Fsp3) is 0.467. The van der Waals surface area contributed by atoms with Crippen LogP contribution in [0.25, 0.3) is 5.69 Å². The van der Waals surface area contributed by atoms with Gasteiger partial charge >= 0.3 is 0 Å². The molecular weight excluding hydrogens is 236 g/mol. The van der Waals surface area contributed by atoms with Gasteiger partial charge in [-0.05, 0) is 51.8 Å². The van der Waals surface area contributed by atoms with E-state index >= 15 is 0 Å². The molecule has 4 heteroatoms. The Morgan fingerprint density at radius 2 is 1.95 bits per heavy atom. The van der Waals surface area contributed by atoms with E-state index in [0.29, 0.717) is 0 Å². The molecule has 0 aliphatic carbocycles. The summed E-state index contributed by atoms with van der Waals surface area (Å²) in [6.07, 6.45) is 1.82. The SMILES string of the molecule is Cc1ccc(C)c(-n2nncc2CNC(C)(C)C)c1. The number of nitrogens with one attached hydrogen (secondary N) is 1. The summed E-state index contributed by atoms with van der Waals surface area (Å²) in [7, 11) is 0. The van der Waals surface area contributed by atoms with Gasteiger partial charge in [0, 0.05) is 12.1 Å². The number of hydrogen-bond acceptors (Lipinski definition) is 3. The number of rotatable bonds is 3. The molecule has 1 aromatic carbocycles. The molecule has 102 valence electrons. The topological polar surface area (TPSA) is 42.7 Å². The Morgan fingerprint density at radius 1 is 1.21 bits per heavy atom. The van der Waals surface area contributed by atoms with Gasteiger partial charge < -0.3 is 5.32 Å². The molecule has 0 atom stereocenters. The zero-order valence-electron chi connectivity index (χ0n) is 12.4. The lowest BCUT2D eigenvalue weighted by Gasteiger charge is -2.20. The highest BCUT2D eigenvalue weighted by Crippen LogP contribution is 2.17. The second-order valence-electron chi connectivity index (χ2n) is 6.03. The summed E-state index contributed by atoms with van der Waals surface area (Å²) < 4.78 is 1.92. The number of nitrogens with zero attached hydrogens (tertiary/aromatic N) is 3. The molecule has 0 saturated heterocycles. The van der Waals surface area contributed by atoms with Gasteiger partial charge in [-0.3, -0.25) is 0 Å². The van der Waals surface area contributed by atoms with Crippen LogP contribution in [0.2, 0.25) is 0 Å². The second-order valence-corrected chi connectivity index (χ2v) is 6.03. The van der Waals surface area contributed by atoms with Crippen molar-refractivity contribution >= 4 is 0 Å². The normalized spacial score (nSPS) is 11.8. The van der Waals surface area contributed by atoms with Crippen LogP contribution in [0, 0.1) is 13.8 Å². The number of aromatic nitrogens is 3. The van der Waals surface area contributed by atoms with Gasteiger partial charge in [0.2, 0.25) is 0 Å². The lowest BCUT2D eigenvalue weighted by atomic mass is 10.1. The highest BCUT2D eigenvalue weighted by atomic mass is 15.4. The third-order valence-electron chi connectivity index (χ3n) is 3.01. The standard InChI is InChI=1S/C15H22N4/c1-11-6-7-12(2)14(8-11)19-13(10-17-18-19)9-16-15(3,4)5/h6-8,10,16H,9H2,1-5H3. The quantitative estimate of drug-likeness (QED) is 0.920. The molecule has 1 heterocycles. The highest BCUT2D eigenvalue weighted by molar-refractivity contribution is 5.43. The van der Waals surface area contributed by atoms with E-state index in [4.69, 9.17) is 0 Å². The van der Waals surface area contributed by atoms with Crippen LogP contribution in [-0.2, 0) is 6.54 Å². The summed E-state index contributed by atoms with van der Waals surface area (Å²) in [5, 5.41) is 11.7. The maximum absolute atomic E-state index is 4.22. The van der Waals surface area contributed by atoms with Gasteiger partial charge in [0.1, 0.15) is 0 Å². The van der Waals surface area contributed by atoms with Gasteiger partial charge in [-0.2, -0.15) is 0 Å². The predicted octanol–water partition coefficient (Wildman–Crippen LogP) is 2.77. The average molecular weight is 258 g/mol. The van der Waals surface area contributed by atoms with Crippen molar-refractivity contribution in [2.45, 2.75) is 46.7 Å². The van der Waals surface area contributed by atoms with Crippen LogP contribution < -0.4 is 5.32 Å². The Morgan fingerprint density at radius 3 is 2.63 bits per heavy atom. The van der Waals surface area contributed by atoms with Gasteiger partial charge in [0.15, 0.2) is 0 Å². The fourth-order valence-electron chi connectivity index (χ4n) is 1.88. The summed E-state index contributed by atoms with van der Waals surface area (Å²) in [4.78, 5) is 0. The molecule has 1 aromatic heterocycles. The lowest BCUT2D eigenvalue weighted by Crippen LogP contribution is -2.35. The van der Waals surface area contributed by atoms with E-state index in [1.54, 1.807) is 0 Å². The number of benzene rings is 1. The zero-order chi connectivity index (χ0) is 14.0. The van der Waals surface area contributed by atoms with Crippen molar-refractivity contribution in [2.24, 2.45) is 0 Å². The molecule has 0 unspecified atom stereocenters. The Hall–Kier alpha value is -1.68. The molecule has 0 bridgehead atoms. The largest absolute Gasteiger partial charge is 0.306 e. The van der Waals surface area contributed by atoms with E-state index < -0.39 is 0 Å². The molecule has 0 fully saturated rings. The van der Waals surface area contributed by atoms with Crippen LogP contribution in [0.1, 0.15) is 37.6 Å². The first-order valence-corrected chi connectivity index (χ1v) is 6.59. The molecule has 4 nitrogen and oxygen atoms in total. The van der Waals surface area contributed by atoms with Crippen molar-refractivity contribution in [1.82, 2.24) is 20.3 Å². The number of hydrogen-bond donors (Lipinski definition) is 1. The van der Waals surface area contributed by atoms with Crippen LogP contribution in [-0.4, -0.2) is 20.5 Å². The molecule has 0 aliphatic rings.